The van der Waals surface area contributed by atoms with Gasteiger partial charge in [-0.1, -0.05) is 6.92 Å². The van der Waals surface area contributed by atoms with Crippen LogP contribution in [0.5, 0.6) is 5.75 Å². The second kappa shape index (κ2) is 5.94. The summed E-state index contributed by atoms with van der Waals surface area (Å²) in [6.45, 7) is 4.50. The Labute approximate surface area is 129 Å². The van der Waals surface area contributed by atoms with Crippen LogP contribution in [0.15, 0.2) is 22.7 Å². The molecule has 2 aliphatic rings. The van der Waals surface area contributed by atoms with Crippen LogP contribution in [0.3, 0.4) is 0 Å². The van der Waals surface area contributed by atoms with Gasteiger partial charge in [-0.15, -0.1) is 0 Å². The lowest BCUT2D eigenvalue weighted by atomic mass is 10.0. The highest BCUT2D eigenvalue weighted by Gasteiger charge is 2.36. The van der Waals surface area contributed by atoms with Crippen molar-refractivity contribution in [1.82, 2.24) is 5.32 Å². The number of benzene rings is 1. The molecule has 0 spiro atoms. The summed E-state index contributed by atoms with van der Waals surface area (Å²) in [5.41, 5.74) is 1.30. The Bertz CT molecular complexity index is 476. The summed E-state index contributed by atoms with van der Waals surface area (Å²) in [7, 11) is 1.71. The molecule has 4 heteroatoms. The molecule has 0 bridgehead atoms. The highest BCUT2D eigenvalue weighted by molar-refractivity contribution is 9.10. The van der Waals surface area contributed by atoms with Crippen LogP contribution < -0.4 is 15.0 Å². The Hall–Kier alpha value is -0.740. The number of halogens is 1. The van der Waals surface area contributed by atoms with E-state index in [0.29, 0.717) is 12.1 Å². The van der Waals surface area contributed by atoms with Crippen molar-refractivity contribution in [1.29, 1.82) is 0 Å². The summed E-state index contributed by atoms with van der Waals surface area (Å²) < 4.78 is 6.37. The highest BCUT2D eigenvalue weighted by Crippen LogP contribution is 2.37. The number of anilines is 1. The lowest BCUT2D eigenvalue weighted by Gasteiger charge is -2.42. The second-order valence-corrected chi connectivity index (χ2v) is 6.74. The van der Waals surface area contributed by atoms with Crippen molar-refractivity contribution in [2.75, 3.05) is 25.1 Å². The molecule has 3 rings (SSSR count). The van der Waals surface area contributed by atoms with Crippen LogP contribution in [0.2, 0.25) is 0 Å². The van der Waals surface area contributed by atoms with Gasteiger partial charge in [-0.05, 0) is 59.3 Å². The fourth-order valence-electron chi connectivity index (χ4n) is 3.15. The fourth-order valence-corrected chi connectivity index (χ4v) is 3.68. The lowest BCUT2D eigenvalue weighted by Crippen LogP contribution is -2.57. The van der Waals surface area contributed by atoms with Gasteiger partial charge in [0.05, 0.1) is 11.6 Å². The normalized spacial score (nSPS) is 26.6. The van der Waals surface area contributed by atoms with E-state index < -0.39 is 0 Å². The first-order chi connectivity index (χ1) is 9.72. The van der Waals surface area contributed by atoms with Crippen molar-refractivity contribution in [2.45, 2.75) is 38.3 Å². The summed E-state index contributed by atoms with van der Waals surface area (Å²) in [4.78, 5) is 2.57. The predicted octanol–water partition coefficient (Wildman–Crippen LogP) is 3.42. The van der Waals surface area contributed by atoms with Gasteiger partial charge in [-0.2, -0.15) is 0 Å². The molecule has 20 heavy (non-hydrogen) atoms. The number of nitrogens with one attached hydrogen (secondary N) is 1. The molecule has 0 aromatic heterocycles. The van der Waals surface area contributed by atoms with Crippen molar-refractivity contribution in [2.24, 2.45) is 5.92 Å². The molecular formula is C16H23BrN2O. The van der Waals surface area contributed by atoms with E-state index in [9.17, 15) is 0 Å². The van der Waals surface area contributed by atoms with E-state index in [-0.39, 0.29) is 0 Å². The highest BCUT2D eigenvalue weighted by atomic mass is 79.9. The Morgan fingerprint density at radius 1 is 1.40 bits per heavy atom. The smallest absolute Gasteiger partial charge is 0.133 e. The molecule has 0 radical (unpaired) electrons. The molecule has 1 aliphatic heterocycles. The molecule has 0 amide bonds. The zero-order valence-corrected chi connectivity index (χ0v) is 13.8. The van der Waals surface area contributed by atoms with Gasteiger partial charge in [0.1, 0.15) is 5.75 Å². The zero-order chi connectivity index (χ0) is 14.1. The van der Waals surface area contributed by atoms with E-state index in [1.54, 1.807) is 7.11 Å². The van der Waals surface area contributed by atoms with Crippen LogP contribution in [0.1, 0.15) is 26.2 Å². The van der Waals surface area contributed by atoms with E-state index in [2.05, 4.69) is 51.3 Å². The third-order valence-corrected chi connectivity index (χ3v) is 5.20. The molecule has 1 aliphatic carbocycles. The molecule has 1 saturated heterocycles. The van der Waals surface area contributed by atoms with Crippen molar-refractivity contribution < 1.29 is 4.74 Å². The Morgan fingerprint density at radius 3 is 2.80 bits per heavy atom. The first-order valence-electron chi connectivity index (χ1n) is 7.56. The quantitative estimate of drug-likeness (QED) is 0.910. The van der Waals surface area contributed by atoms with Crippen molar-refractivity contribution in [3.8, 4) is 5.75 Å². The molecule has 2 fully saturated rings. The van der Waals surface area contributed by atoms with Crippen LogP contribution in [0.4, 0.5) is 5.69 Å². The van der Waals surface area contributed by atoms with Crippen LogP contribution in [0, 0.1) is 5.92 Å². The van der Waals surface area contributed by atoms with Gasteiger partial charge < -0.3 is 15.0 Å². The maximum Gasteiger partial charge on any atom is 0.133 e. The summed E-state index contributed by atoms with van der Waals surface area (Å²) >= 11 is 3.60. The fraction of sp³-hybridized carbons (Fsp3) is 0.625. The monoisotopic (exact) mass is 338 g/mol. The van der Waals surface area contributed by atoms with Crippen molar-refractivity contribution in [3.63, 3.8) is 0 Å². The Kier molecular flexibility index (Phi) is 4.22. The maximum atomic E-state index is 5.33. The van der Waals surface area contributed by atoms with E-state index in [1.165, 1.54) is 24.9 Å². The second-order valence-electron chi connectivity index (χ2n) is 5.89. The van der Waals surface area contributed by atoms with Gasteiger partial charge in [-0.3, -0.25) is 0 Å². The number of ether oxygens (including phenoxy) is 1. The van der Waals surface area contributed by atoms with Crippen molar-refractivity contribution >= 4 is 21.6 Å². The van der Waals surface area contributed by atoms with Crippen LogP contribution >= 0.6 is 15.9 Å². The first-order valence-corrected chi connectivity index (χ1v) is 8.35. The van der Waals surface area contributed by atoms with Gasteiger partial charge in [-0.25, -0.2) is 0 Å². The molecular weight excluding hydrogens is 316 g/mol. The molecule has 2 atom stereocenters. The van der Waals surface area contributed by atoms with Crippen LogP contribution in [-0.2, 0) is 0 Å². The minimum absolute atomic E-state index is 0.588. The number of hydrogen-bond acceptors (Lipinski definition) is 3. The number of rotatable bonds is 4. The number of nitrogens with zero attached hydrogens (tertiary/aromatic N) is 1. The average molecular weight is 339 g/mol. The summed E-state index contributed by atoms with van der Waals surface area (Å²) in [5, 5.41) is 3.74. The van der Waals surface area contributed by atoms with Gasteiger partial charge in [0.15, 0.2) is 0 Å². The molecule has 1 aromatic carbocycles. The maximum absolute atomic E-state index is 5.33. The van der Waals surface area contributed by atoms with E-state index in [0.717, 1.165) is 29.2 Å². The first kappa shape index (κ1) is 14.2. The van der Waals surface area contributed by atoms with Gasteiger partial charge in [0.2, 0.25) is 0 Å². The number of hydrogen-bond donors (Lipinski definition) is 1. The summed E-state index contributed by atoms with van der Waals surface area (Å²) in [6.07, 6.45) is 3.97. The van der Waals surface area contributed by atoms with Gasteiger partial charge >= 0.3 is 0 Å². The van der Waals surface area contributed by atoms with E-state index in [1.807, 2.05) is 0 Å². The molecule has 110 valence electrons. The van der Waals surface area contributed by atoms with Crippen LogP contribution in [-0.4, -0.2) is 32.3 Å². The molecule has 3 nitrogen and oxygen atoms in total. The van der Waals surface area contributed by atoms with Gasteiger partial charge in [0, 0.05) is 30.9 Å². The number of piperazine rings is 1. The third-order valence-electron chi connectivity index (χ3n) is 4.58. The van der Waals surface area contributed by atoms with E-state index >= 15 is 0 Å². The molecule has 1 saturated carbocycles. The molecule has 1 heterocycles. The minimum Gasteiger partial charge on any atom is -0.496 e. The topological polar surface area (TPSA) is 24.5 Å². The largest absolute Gasteiger partial charge is 0.496 e. The van der Waals surface area contributed by atoms with Crippen LogP contribution in [0.25, 0.3) is 0 Å². The van der Waals surface area contributed by atoms with E-state index in [4.69, 9.17) is 4.74 Å². The SMILES string of the molecule is CCC1CNC(C2CC2)CN1c1ccc(OC)c(Br)c1. The lowest BCUT2D eigenvalue weighted by molar-refractivity contribution is 0.359. The average Bonchev–Trinajstić information content (AvgIpc) is 3.31. The zero-order valence-electron chi connectivity index (χ0n) is 12.2. The Balaban J connectivity index is 1.82. The summed E-state index contributed by atoms with van der Waals surface area (Å²) in [6, 6.07) is 7.68. The van der Waals surface area contributed by atoms with Crippen molar-refractivity contribution in [3.05, 3.63) is 22.7 Å². The van der Waals surface area contributed by atoms with Gasteiger partial charge in [0.25, 0.3) is 0 Å². The minimum atomic E-state index is 0.588. The number of methoxy groups -OCH3 is 1. The summed E-state index contributed by atoms with van der Waals surface area (Å²) in [5.74, 6) is 1.80. The predicted molar refractivity (Wildman–Crippen MR) is 86.6 cm³/mol. The Morgan fingerprint density at radius 2 is 2.20 bits per heavy atom. The molecule has 1 aromatic rings. The molecule has 2 unspecified atom stereocenters. The standard InChI is InChI=1S/C16H23BrN2O/c1-3-12-9-18-15(11-4-5-11)10-19(12)13-6-7-16(20-2)14(17)8-13/h6-8,11-12,15,18H,3-5,9-10H2,1-2H3. The molecule has 1 N–H and O–H groups in total. The third kappa shape index (κ3) is 2.82.